The molecule has 1 atom stereocenters. The maximum Gasteiger partial charge on any atom is 0.226 e. The van der Waals surface area contributed by atoms with Crippen molar-refractivity contribution in [3.63, 3.8) is 0 Å². The van der Waals surface area contributed by atoms with Gasteiger partial charge in [0.2, 0.25) is 11.8 Å². The van der Waals surface area contributed by atoms with Crippen LogP contribution in [0.25, 0.3) is 0 Å². The molecule has 6 heteroatoms. The lowest BCUT2D eigenvalue weighted by atomic mass is 10.0. The number of halogens is 1. The van der Waals surface area contributed by atoms with Crippen LogP contribution in [0.3, 0.4) is 0 Å². The third-order valence-electron chi connectivity index (χ3n) is 3.83. The number of hydrogen-bond donors (Lipinski definition) is 3. The first-order valence-corrected chi connectivity index (χ1v) is 8.50. The van der Waals surface area contributed by atoms with E-state index in [4.69, 9.17) is 0 Å². The van der Waals surface area contributed by atoms with E-state index in [2.05, 4.69) is 16.0 Å². The van der Waals surface area contributed by atoms with Gasteiger partial charge in [0.05, 0.1) is 12.5 Å². The number of nitrogens with one attached hydrogen (secondary N) is 3. The standard InChI is InChI=1S/C20H25N3O2.ClH/c1-3-21-14-17-11-7-8-12-18(17)23-20(25)13-19(22-15(2)24)16-9-5-4-6-10-16;/h4-12,19,21H,3,13-14H2,1-2H3,(H,22,24)(H,23,25);1H. The summed E-state index contributed by atoms with van der Waals surface area (Å²) >= 11 is 0. The lowest BCUT2D eigenvalue weighted by molar-refractivity contribution is -0.120. The molecule has 0 radical (unpaired) electrons. The van der Waals surface area contributed by atoms with Gasteiger partial charge in [0.15, 0.2) is 0 Å². The van der Waals surface area contributed by atoms with Gasteiger partial charge in [-0.25, -0.2) is 0 Å². The molecule has 0 aliphatic heterocycles. The van der Waals surface area contributed by atoms with E-state index in [-0.39, 0.29) is 36.7 Å². The smallest absolute Gasteiger partial charge is 0.226 e. The molecule has 26 heavy (non-hydrogen) atoms. The van der Waals surface area contributed by atoms with Crippen LogP contribution < -0.4 is 16.0 Å². The molecule has 2 rings (SSSR count). The molecule has 2 aromatic rings. The van der Waals surface area contributed by atoms with Crippen molar-refractivity contribution in [2.45, 2.75) is 32.9 Å². The Labute approximate surface area is 161 Å². The van der Waals surface area contributed by atoms with E-state index in [9.17, 15) is 9.59 Å². The summed E-state index contributed by atoms with van der Waals surface area (Å²) in [7, 11) is 0. The van der Waals surface area contributed by atoms with Crippen LogP contribution in [-0.2, 0) is 16.1 Å². The fraction of sp³-hybridized carbons (Fsp3) is 0.300. The zero-order chi connectivity index (χ0) is 18.1. The van der Waals surface area contributed by atoms with Gasteiger partial charge in [0.25, 0.3) is 0 Å². The number of para-hydroxylation sites is 1. The summed E-state index contributed by atoms with van der Waals surface area (Å²) in [6.07, 6.45) is 0.180. The van der Waals surface area contributed by atoms with Gasteiger partial charge in [-0.05, 0) is 23.7 Å². The van der Waals surface area contributed by atoms with Crippen molar-refractivity contribution in [2.75, 3.05) is 11.9 Å². The Hall–Kier alpha value is -2.37. The van der Waals surface area contributed by atoms with Crippen molar-refractivity contribution in [1.29, 1.82) is 0 Å². The van der Waals surface area contributed by atoms with Crippen LogP contribution in [0.5, 0.6) is 0 Å². The molecule has 0 fully saturated rings. The molecule has 0 saturated heterocycles. The summed E-state index contributed by atoms with van der Waals surface area (Å²) in [6, 6.07) is 16.9. The van der Waals surface area contributed by atoms with Gasteiger partial charge in [-0.3, -0.25) is 9.59 Å². The maximum atomic E-state index is 12.5. The minimum absolute atomic E-state index is 0. The third-order valence-corrected chi connectivity index (χ3v) is 3.83. The molecule has 0 aliphatic rings. The van der Waals surface area contributed by atoms with Crippen LogP contribution in [0.4, 0.5) is 5.69 Å². The van der Waals surface area contributed by atoms with Gasteiger partial charge >= 0.3 is 0 Å². The van der Waals surface area contributed by atoms with Crippen molar-refractivity contribution in [1.82, 2.24) is 10.6 Å². The first-order chi connectivity index (χ1) is 12.1. The lowest BCUT2D eigenvalue weighted by Crippen LogP contribution is -2.30. The highest BCUT2D eigenvalue weighted by molar-refractivity contribution is 5.92. The van der Waals surface area contributed by atoms with Crippen molar-refractivity contribution >= 4 is 29.9 Å². The monoisotopic (exact) mass is 375 g/mol. The summed E-state index contributed by atoms with van der Waals surface area (Å²) in [5.41, 5.74) is 2.74. The van der Waals surface area contributed by atoms with Gasteiger partial charge in [0.1, 0.15) is 0 Å². The number of anilines is 1. The Morgan fingerprint density at radius 1 is 1.00 bits per heavy atom. The topological polar surface area (TPSA) is 70.2 Å². The second kappa shape index (κ2) is 11.3. The van der Waals surface area contributed by atoms with Crippen LogP contribution in [0.2, 0.25) is 0 Å². The molecule has 140 valence electrons. The first kappa shape index (κ1) is 21.7. The minimum atomic E-state index is -0.348. The van der Waals surface area contributed by atoms with Gasteiger partial charge in [-0.2, -0.15) is 0 Å². The predicted molar refractivity (Wildman–Crippen MR) is 107 cm³/mol. The van der Waals surface area contributed by atoms with Crippen molar-refractivity contribution < 1.29 is 9.59 Å². The molecule has 0 saturated carbocycles. The second-order valence-electron chi connectivity index (χ2n) is 5.85. The van der Waals surface area contributed by atoms with Crippen LogP contribution in [0, 0.1) is 0 Å². The van der Waals surface area contributed by atoms with Gasteiger partial charge in [-0.1, -0.05) is 55.5 Å². The Balaban J connectivity index is 0.00000338. The summed E-state index contributed by atoms with van der Waals surface area (Å²) in [5, 5.41) is 9.07. The highest BCUT2D eigenvalue weighted by Crippen LogP contribution is 2.19. The molecule has 0 spiro atoms. The van der Waals surface area contributed by atoms with Crippen LogP contribution in [-0.4, -0.2) is 18.4 Å². The number of benzene rings is 2. The third kappa shape index (κ3) is 6.86. The Morgan fingerprint density at radius 3 is 2.31 bits per heavy atom. The first-order valence-electron chi connectivity index (χ1n) is 8.50. The van der Waals surface area contributed by atoms with E-state index in [0.717, 1.165) is 23.4 Å². The molecule has 5 nitrogen and oxygen atoms in total. The Kier molecular flexibility index (Phi) is 9.41. The highest BCUT2D eigenvalue weighted by atomic mass is 35.5. The molecule has 0 heterocycles. The lowest BCUT2D eigenvalue weighted by Gasteiger charge is -2.19. The van der Waals surface area contributed by atoms with Crippen molar-refractivity contribution in [2.24, 2.45) is 0 Å². The SMILES string of the molecule is CCNCc1ccccc1NC(=O)CC(NC(C)=O)c1ccccc1.Cl. The molecule has 2 aromatic carbocycles. The maximum absolute atomic E-state index is 12.5. The zero-order valence-electron chi connectivity index (χ0n) is 15.1. The minimum Gasteiger partial charge on any atom is -0.349 e. The molecule has 2 amide bonds. The molecule has 0 aliphatic carbocycles. The Morgan fingerprint density at radius 2 is 1.65 bits per heavy atom. The van der Waals surface area contributed by atoms with E-state index in [1.165, 1.54) is 6.92 Å². The summed E-state index contributed by atoms with van der Waals surface area (Å²) in [4.78, 5) is 24.0. The fourth-order valence-electron chi connectivity index (χ4n) is 2.63. The van der Waals surface area contributed by atoms with Gasteiger partial charge in [0, 0.05) is 19.2 Å². The quantitative estimate of drug-likeness (QED) is 0.662. The molecule has 1 unspecified atom stereocenters. The van der Waals surface area contributed by atoms with Crippen LogP contribution in [0.15, 0.2) is 54.6 Å². The molecular formula is C20H26ClN3O2. The fourth-order valence-corrected chi connectivity index (χ4v) is 2.63. The molecule has 0 aromatic heterocycles. The number of rotatable bonds is 8. The summed E-state index contributed by atoms with van der Waals surface area (Å²) < 4.78 is 0. The summed E-state index contributed by atoms with van der Waals surface area (Å²) in [6.45, 7) is 5.06. The number of carbonyl (C=O) groups excluding carboxylic acids is 2. The zero-order valence-corrected chi connectivity index (χ0v) is 15.9. The van der Waals surface area contributed by atoms with Crippen molar-refractivity contribution in [3.8, 4) is 0 Å². The average Bonchev–Trinajstić information content (AvgIpc) is 2.61. The Bertz CT molecular complexity index is 707. The van der Waals surface area contributed by atoms with E-state index in [0.29, 0.717) is 6.54 Å². The number of hydrogen-bond acceptors (Lipinski definition) is 3. The molecular weight excluding hydrogens is 350 g/mol. The van der Waals surface area contributed by atoms with Crippen molar-refractivity contribution in [3.05, 3.63) is 65.7 Å². The van der Waals surface area contributed by atoms with E-state index >= 15 is 0 Å². The van der Waals surface area contributed by atoms with Crippen LogP contribution in [0.1, 0.15) is 37.4 Å². The number of amides is 2. The van der Waals surface area contributed by atoms with E-state index < -0.39 is 0 Å². The normalized spacial score (nSPS) is 11.2. The number of carbonyl (C=O) groups is 2. The summed E-state index contributed by atoms with van der Waals surface area (Å²) in [5.74, 6) is -0.291. The van der Waals surface area contributed by atoms with E-state index in [1.54, 1.807) is 0 Å². The molecule has 0 bridgehead atoms. The van der Waals surface area contributed by atoms with Crippen LogP contribution >= 0.6 is 12.4 Å². The van der Waals surface area contributed by atoms with Gasteiger partial charge < -0.3 is 16.0 Å². The highest BCUT2D eigenvalue weighted by Gasteiger charge is 2.17. The molecule has 3 N–H and O–H groups in total. The largest absolute Gasteiger partial charge is 0.349 e. The average molecular weight is 376 g/mol. The predicted octanol–water partition coefficient (Wildman–Crippen LogP) is 3.42. The van der Waals surface area contributed by atoms with Gasteiger partial charge in [-0.15, -0.1) is 12.4 Å². The van der Waals surface area contributed by atoms with E-state index in [1.807, 2.05) is 61.5 Å². The second-order valence-corrected chi connectivity index (χ2v) is 5.85.